The largest absolute Gasteiger partial charge is 0.497 e. The van der Waals surface area contributed by atoms with Crippen LogP contribution in [0.1, 0.15) is 28.9 Å². The normalized spacial score (nSPS) is 13.8. The van der Waals surface area contributed by atoms with Gasteiger partial charge in [0.25, 0.3) is 5.91 Å². The summed E-state index contributed by atoms with van der Waals surface area (Å²) in [6.07, 6.45) is 0. The molecule has 0 N–H and O–H groups in total. The van der Waals surface area contributed by atoms with Gasteiger partial charge in [-0.3, -0.25) is 9.59 Å². The van der Waals surface area contributed by atoms with Crippen LogP contribution in [-0.2, 0) is 4.79 Å². The number of hydrogen-bond donors (Lipinski definition) is 0. The molecule has 1 saturated heterocycles. The third kappa shape index (κ3) is 6.90. The Labute approximate surface area is 266 Å². The van der Waals surface area contributed by atoms with Crippen molar-refractivity contribution in [1.29, 1.82) is 0 Å². The van der Waals surface area contributed by atoms with E-state index >= 15 is 0 Å². The molecule has 0 saturated carbocycles. The number of amides is 2. The highest BCUT2D eigenvalue weighted by molar-refractivity contribution is 6.36. The number of halogens is 2. The van der Waals surface area contributed by atoms with Crippen LogP contribution >= 0.6 is 23.2 Å². The highest BCUT2D eigenvalue weighted by atomic mass is 35.5. The lowest BCUT2D eigenvalue weighted by Gasteiger charge is -2.37. The van der Waals surface area contributed by atoms with E-state index in [9.17, 15) is 9.59 Å². The lowest BCUT2D eigenvalue weighted by atomic mass is 10.1. The minimum atomic E-state index is -0.362. The Kier molecular flexibility index (Phi) is 9.87. The van der Waals surface area contributed by atoms with Crippen molar-refractivity contribution in [3.05, 3.63) is 100 Å². The minimum Gasteiger partial charge on any atom is -0.497 e. The Morgan fingerprint density at radius 3 is 2.27 bits per heavy atom. The minimum absolute atomic E-state index is 0.0912. The summed E-state index contributed by atoms with van der Waals surface area (Å²) in [7, 11) is 3.21. The molecule has 0 bridgehead atoms. The zero-order valence-electron chi connectivity index (χ0n) is 24.7. The zero-order valence-corrected chi connectivity index (χ0v) is 26.3. The molecule has 1 aliphatic heterocycles. The average molecular weight is 635 g/mol. The van der Waals surface area contributed by atoms with Crippen molar-refractivity contribution >= 4 is 40.8 Å². The fraction of sp³-hybridized carbons (Fsp3) is 0.273. The topological polar surface area (TPSA) is 88.1 Å². The molecule has 44 heavy (non-hydrogen) atoms. The zero-order chi connectivity index (χ0) is 31.2. The fourth-order valence-electron chi connectivity index (χ4n) is 5.19. The van der Waals surface area contributed by atoms with E-state index in [4.69, 9.17) is 32.7 Å². The average Bonchev–Trinajstić information content (AvgIpc) is 3.06. The van der Waals surface area contributed by atoms with E-state index in [1.165, 1.54) is 6.07 Å². The number of carbonyl (C=O) groups excluding carboxylic acids is 2. The molecule has 2 heterocycles. The van der Waals surface area contributed by atoms with E-state index in [-0.39, 0.29) is 29.4 Å². The fourth-order valence-corrected chi connectivity index (χ4v) is 5.68. The molecule has 1 fully saturated rings. The summed E-state index contributed by atoms with van der Waals surface area (Å²) in [4.78, 5) is 32.8. The van der Waals surface area contributed by atoms with E-state index < -0.39 is 0 Å². The third-order valence-corrected chi connectivity index (χ3v) is 8.32. The molecule has 228 valence electrons. The molecule has 4 aromatic rings. The van der Waals surface area contributed by atoms with Gasteiger partial charge in [-0.2, -0.15) is 0 Å². The van der Waals surface area contributed by atoms with Crippen LogP contribution < -0.4 is 14.4 Å². The highest BCUT2D eigenvalue weighted by Crippen LogP contribution is 2.32. The molecule has 1 atom stereocenters. The van der Waals surface area contributed by atoms with Gasteiger partial charge in [0.05, 0.1) is 36.5 Å². The van der Waals surface area contributed by atoms with Crippen LogP contribution in [0.4, 0.5) is 5.82 Å². The molecule has 0 radical (unpaired) electrons. The second-order valence-corrected chi connectivity index (χ2v) is 11.2. The molecule has 5 rings (SSSR count). The van der Waals surface area contributed by atoms with Crippen LogP contribution in [0, 0.1) is 0 Å². The Morgan fingerprint density at radius 1 is 0.886 bits per heavy atom. The smallest absolute Gasteiger partial charge is 0.256 e. The number of aromatic nitrogens is 2. The summed E-state index contributed by atoms with van der Waals surface area (Å²) in [6, 6.07) is 23.4. The van der Waals surface area contributed by atoms with E-state index in [0.717, 1.165) is 16.9 Å². The summed E-state index contributed by atoms with van der Waals surface area (Å²) in [5.41, 5.74) is 2.70. The van der Waals surface area contributed by atoms with E-state index in [0.29, 0.717) is 54.0 Å². The Hall–Kier alpha value is -4.34. The van der Waals surface area contributed by atoms with Crippen LogP contribution in [0.15, 0.2) is 78.9 Å². The number of anilines is 1. The molecular weight excluding hydrogens is 601 g/mol. The third-order valence-electron chi connectivity index (χ3n) is 7.77. The summed E-state index contributed by atoms with van der Waals surface area (Å²) >= 11 is 12.5. The maximum absolute atomic E-state index is 13.7. The van der Waals surface area contributed by atoms with Crippen molar-refractivity contribution in [1.82, 2.24) is 20.0 Å². The molecule has 1 aromatic heterocycles. The van der Waals surface area contributed by atoms with E-state index in [1.807, 2.05) is 61.5 Å². The SMILES string of the molecule is COc1ccc(-c2ccc(N3CCN(C(=O)CN(C(=O)c4ccc(Cl)cc4Cl)[C@H](C)c4ccccc4)CC3)nn2)c(OC)c1. The first-order valence-electron chi connectivity index (χ1n) is 14.2. The molecular formula is C33H33Cl2N5O4. The van der Waals surface area contributed by atoms with E-state index in [2.05, 4.69) is 15.1 Å². The number of hydrogen-bond acceptors (Lipinski definition) is 7. The first-order chi connectivity index (χ1) is 21.3. The highest BCUT2D eigenvalue weighted by Gasteiger charge is 2.30. The lowest BCUT2D eigenvalue weighted by Crippen LogP contribution is -2.52. The molecule has 2 amide bonds. The summed E-state index contributed by atoms with van der Waals surface area (Å²) in [6.45, 7) is 3.95. The monoisotopic (exact) mass is 633 g/mol. The molecule has 0 spiro atoms. The van der Waals surface area contributed by atoms with Gasteiger partial charge in [-0.05, 0) is 55.0 Å². The Morgan fingerprint density at radius 2 is 1.64 bits per heavy atom. The van der Waals surface area contributed by atoms with E-state index in [1.54, 1.807) is 42.2 Å². The maximum Gasteiger partial charge on any atom is 0.256 e. The summed E-state index contributed by atoms with van der Waals surface area (Å²) < 4.78 is 10.8. The van der Waals surface area contributed by atoms with Gasteiger partial charge in [-0.1, -0.05) is 53.5 Å². The maximum atomic E-state index is 13.7. The molecule has 9 nitrogen and oxygen atoms in total. The van der Waals surface area contributed by atoms with Crippen molar-refractivity contribution in [2.75, 3.05) is 51.8 Å². The quantitative estimate of drug-likeness (QED) is 0.223. The number of benzene rings is 3. The van der Waals surface area contributed by atoms with Crippen molar-refractivity contribution in [2.45, 2.75) is 13.0 Å². The van der Waals surface area contributed by atoms with Gasteiger partial charge in [-0.15, -0.1) is 10.2 Å². The van der Waals surface area contributed by atoms with Gasteiger partial charge in [0.1, 0.15) is 18.0 Å². The molecule has 0 aliphatic carbocycles. The number of rotatable bonds is 9. The first kappa shape index (κ1) is 31.1. The van der Waals surface area contributed by atoms with Gasteiger partial charge in [0, 0.05) is 42.8 Å². The number of nitrogens with zero attached hydrogens (tertiary/aromatic N) is 5. The predicted octanol–water partition coefficient (Wildman–Crippen LogP) is 6.02. The van der Waals surface area contributed by atoms with Crippen LogP contribution in [-0.4, -0.2) is 78.8 Å². The number of piperazine rings is 1. The number of ether oxygens (including phenoxy) is 2. The van der Waals surface area contributed by atoms with Crippen LogP contribution in [0.25, 0.3) is 11.3 Å². The Bertz CT molecular complexity index is 1610. The number of carbonyl (C=O) groups is 2. The molecule has 3 aromatic carbocycles. The summed E-state index contributed by atoms with van der Waals surface area (Å²) in [5.74, 6) is 1.59. The van der Waals surface area contributed by atoms with Crippen LogP contribution in [0.2, 0.25) is 10.0 Å². The second kappa shape index (κ2) is 14.0. The van der Waals surface area contributed by atoms with Crippen molar-refractivity contribution in [3.8, 4) is 22.8 Å². The lowest BCUT2D eigenvalue weighted by molar-refractivity contribution is -0.132. The van der Waals surface area contributed by atoms with Gasteiger partial charge in [-0.25, -0.2) is 0 Å². The molecule has 11 heteroatoms. The van der Waals surface area contributed by atoms with Gasteiger partial charge in [0.2, 0.25) is 5.91 Å². The van der Waals surface area contributed by atoms with Crippen molar-refractivity contribution in [3.63, 3.8) is 0 Å². The van der Waals surface area contributed by atoms with Crippen molar-refractivity contribution < 1.29 is 19.1 Å². The summed E-state index contributed by atoms with van der Waals surface area (Å²) in [5, 5.41) is 9.56. The molecule has 0 unspecified atom stereocenters. The first-order valence-corrected chi connectivity index (χ1v) is 14.9. The predicted molar refractivity (Wildman–Crippen MR) is 172 cm³/mol. The molecule has 1 aliphatic rings. The van der Waals surface area contributed by atoms with Gasteiger partial charge < -0.3 is 24.2 Å². The Balaban J connectivity index is 1.26. The van der Waals surface area contributed by atoms with Crippen molar-refractivity contribution in [2.24, 2.45) is 0 Å². The number of methoxy groups -OCH3 is 2. The van der Waals surface area contributed by atoms with Crippen LogP contribution in [0.3, 0.4) is 0 Å². The van der Waals surface area contributed by atoms with Crippen LogP contribution in [0.5, 0.6) is 11.5 Å². The van der Waals surface area contributed by atoms with Gasteiger partial charge in [0.15, 0.2) is 5.82 Å². The van der Waals surface area contributed by atoms with Gasteiger partial charge >= 0.3 is 0 Å². The standard InChI is InChI=1S/C33H33Cl2N5O4/c1-22(23-7-5-4-6-8-23)40(33(42)26-11-9-24(34)19-28(26)35)21-32(41)39-17-15-38(16-18-39)31-14-13-29(36-37-31)27-12-10-25(43-2)20-30(27)44-3/h4-14,19-20,22H,15-18,21H2,1-3H3/t22-/m1/s1. The second-order valence-electron chi connectivity index (χ2n) is 10.4.